The van der Waals surface area contributed by atoms with E-state index in [4.69, 9.17) is 0 Å². The highest BCUT2D eigenvalue weighted by Crippen LogP contribution is 2.60. The molecule has 258 valence electrons. The van der Waals surface area contributed by atoms with Crippen LogP contribution in [0.2, 0.25) is 0 Å². The monoisotopic (exact) mass is 710 g/mol. The average molecular weight is 711 g/mol. The molecule has 2 aliphatic rings. The maximum atomic E-state index is 2.59. The van der Waals surface area contributed by atoms with Gasteiger partial charge in [0, 0.05) is 48.0 Å². The fraction of sp³-hybridized carbons (Fsp3) is 0.0980. The van der Waals surface area contributed by atoms with Gasteiger partial charge in [0.25, 0.3) is 0 Å². The van der Waals surface area contributed by atoms with Crippen LogP contribution in [0.25, 0.3) is 30.9 Å². The maximum absolute atomic E-state index is 2.59. The quantitative estimate of drug-likeness (QED) is 0.169. The third kappa shape index (κ3) is 4.78. The van der Waals surface area contributed by atoms with Crippen LogP contribution in [0.1, 0.15) is 35.1 Å². The number of rotatable bonds is 6. The number of nitrogens with zero attached hydrogens (tertiary/aromatic N) is 2. The number of fused-ring (bicyclic) bond motifs is 8. The van der Waals surface area contributed by atoms with Gasteiger partial charge in [-0.3, -0.25) is 0 Å². The highest BCUT2D eigenvalue weighted by molar-refractivity contribution is 7.25. The minimum Gasteiger partial charge on any atom is -0.310 e. The van der Waals surface area contributed by atoms with Gasteiger partial charge in [0.05, 0.1) is 17.1 Å². The molecule has 1 aromatic heterocycles. The molecular formula is C51H38N2S. The summed E-state index contributed by atoms with van der Waals surface area (Å²) in [6.45, 7) is 0. The van der Waals surface area contributed by atoms with Crippen LogP contribution < -0.4 is 9.80 Å². The molecule has 8 aromatic carbocycles. The molecule has 3 heteroatoms. The van der Waals surface area contributed by atoms with Crippen LogP contribution in [-0.2, 0) is 18.3 Å². The molecule has 0 saturated carbocycles. The van der Waals surface area contributed by atoms with E-state index in [1.807, 2.05) is 11.3 Å². The first-order chi connectivity index (χ1) is 26.8. The van der Waals surface area contributed by atoms with E-state index in [1.54, 1.807) is 0 Å². The normalized spacial score (nSPS) is 15.9. The first-order valence-corrected chi connectivity index (χ1v) is 19.9. The highest BCUT2D eigenvalue weighted by Gasteiger charge is 2.49. The molecule has 54 heavy (non-hydrogen) atoms. The molecule has 2 nitrogen and oxygen atoms in total. The van der Waals surface area contributed by atoms with Crippen molar-refractivity contribution in [1.29, 1.82) is 0 Å². The Kier molecular flexibility index (Phi) is 7.25. The van der Waals surface area contributed by atoms with Gasteiger partial charge in [-0.1, -0.05) is 115 Å². The Hall–Kier alpha value is -6.16. The van der Waals surface area contributed by atoms with Crippen molar-refractivity contribution in [2.24, 2.45) is 0 Å². The zero-order chi connectivity index (χ0) is 35.6. The second-order valence-corrected chi connectivity index (χ2v) is 15.9. The second kappa shape index (κ2) is 12.5. The van der Waals surface area contributed by atoms with Gasteiger partial charge < -0.3 is 9.80 Å². The number of anilines is 6. The molecule has 1 atom stereocenters. The van der Waals surface area contributed by atoms with Crippen LogP contribution in [0, 0.1) is 0 Å². The Balaban J connectivity index is 1.18. The van der Waals surface area contributed by atoms with Gasteiger partial charge in [-0.2, -0.15) is 0 Å². The van der Waals surface area contributed by atoms with E-state index >= 15 is 0 Å². The summed E-state index contributed by atoms with van der Waals surface area (Å²) >= 11 is 1.88. The molecule has 0 radical (unpaired) electrons. The molecule has 11 rings (SSSR count). The Morgan fingerprint density at radius 1 is 0.389 bits per heavy atom. The fourth-order valence-electron chi connectivity index (χ4n) is 9.76. The third-order valence-corrected chi connectivity index (χ3v) is 13.1. The van der Waals surface area contributed by atoms with Crippen molar-refractivity contribution in [2.45, 2.75) is 31.1 Å². The summed E-state index contributed by atoms with van der Waals surface area (Å²) in [5.41, 5.74) is 13.1. The molecule has 0 unspecified atom stereocenters. The van der Waals surface area contributed by atoms with E-state index in [0.717, 1.165) is 25.7 Å². The lowest BCUT2D eigenvalue weighted by Gasteiger charge is -2.37. The van der Waals surface area contributed by atoms with E-state index in [2.05, 4.69) is 192 Å². The molecule has 0 fully saturated rings. The summed E-state index contributed by atoms with van der Waals surface area (Å²) < 4.78 is 2.65. The fourth-order valence-corrected chi connectivity index (χ4v) is 10.8. The summed E-state index contributed by atoms with van der Waals surface area (Å²) in [5, 5.41) is 5.14. The zero-order valence-electron chi connectivity index (χ0n) is 30.0. The standard InChI is InChI=1S/C51H38N2S/c1-3-18-38(19-4-1)52(39-20-5-2-6-21-39)45-25-12-16-36-30-32-51(49(36)45)33-31-37-17-13-26-46(50(37)51)53(44-24-11-15-35-14-7-8-22-41(35)44)40-28-29-48-43(34-40)42-23-9-10-27-47(42)54-48/h1-29,34H,30-33H2/t51-/m1/s1. The van der Waals surface area contributed by atoms with Gasteiger partial charge >= 0.3 is 0 Å². The molecule has 0 N–H and O–H groups in total. The third-order valence-electron chi connectivity index (χ3n) is 12.0. The van der Waals surface area contributed by atoms with Crippen LogP contribution in [0.4, 0.5) is 34.1 Å². The average Bonchev–Trinajstić information content (AvgIpc) is 3.93. The summed E-state index contributed by atoms with van der Waals surface area (Å²) in [7, 11) is 0. The molecule has 2 aliphatic carbocycles. The first-order valence-electron chi connectivity index (χ1n) is 19.1. The lowest BCUT2D eigenvalue weighted by atomic mass is 9.74. The molecule has 0 aliphatic heterocycles. The van der Waals surface area contributed by atoms with Gasteiger partial charge in [0.2, 0.25) is 0 Å². The number of hydrogen-bond acceptors (Lipinski definition) is 3. The molecular weight excluding hydrogens is 673 g/mol. The van der Waals surface area contributed by atoms with Gasteiger partial charge in [0.15, 0.2) is 0 Å². The van der Waals surface area contributed by atoms with Gasteiger partial charge in [-0.15, -0.1) is 11.3 Å². The number of hydrogen-bond donors (Lipinski definition) is 0. The van der Waals surface area contributed by atoms with Crippen LogP contribution in [0.5, 0.6) is 0 Å². The lowest BCUT2D eigenvalue weighted by Crippen LogP contribution is -2.27. The number of thiophene rings is 1. The van der Waals surface area contributed by atoms with Gasteiger partial charge in [0.1, 0.15) is 0 Å². The Morgan fingerprint density at radius 2 is 0.926 bits per heavy atom. The van der Waals surface area contributed by atoms with E-state index in [0.29, 0.717) is 0 Å². The van der Waals surface area contributed by atoms with E-state index in [-0.39, 0.29) is 5.41 Å². The predicted octanol–water partition coefficient (Wildman–Crippen LogP) is 14.3. The van der Waals surface area contributed by atoms with Crippen molar-refractivity contribution in [3.8, 4) is 0 Å². The number of benzene rings is 8. The molecule has 9 aromatic rings. The predicted molar refractivity (Wildman–Crippen MR) is 230 cm³/mol. The Labute approximate surface area is 320 Å². The SMILES string of the molecule is c1ccc(N(c2ccccc2)c2cccc3c2[C@@]2(CC3)CCc3cccc(N(c4ccc5sc6ccccc6c5c4)c4cccc5ccccc45)c32)cc1. The van der Waals surface area contributed by atoms with E-state index < -0.39 is 0 Å². The van der Waals surface area contributed by atoms with Crippen molar-refractivity contribution >= 4 is 76.4 Å². The van der Waals surface area contributed by atoms with Crippen molar-refractivity contribution < 1.29 is 0 Å². The smallest absolute Gasteiger partial charge is 0.0540 e. The maximum Gasteiger partial charge on any atom is 0.0540 e. The van der Waals surface area contributed by atoms with Crippen molar-refractivity contribution in [3.05, 3.63) is 204 Å². The molecule has 1 heterocycles. The van der Waals surface area contributed by atoms with Gasteiger partial charge in [-0.25, -0.2) is 0 Å². The van der Waals surface area contributed by atoms with Crippen LogP contribution >= 0.6 is 11.3 Å². The Bertz CT molecular complexity index is 2810. The topological polar surface area (TPSA) is 6.48 Å². The number of aryl methyl sites for hydroxylation is 2. The second-order valence-electron chi connectivity index (χ2n) is 14.8. The van der Waals surface area contributed by atoms with E-state index in [1.165, 1.54) is 87.3 Å². The number of para-hydroxylation sites is 2. The lowest BCUT2D eigenvalue weighted by molar-refractivity contribution is 0.508. The van der Waals surface area contributed by atoms with Crippen molar-refractivity contribution in [2.75, 3.05) is 9.80 Å². The van der Waals surface area contributed by atoms with Crippen LogP contribution in [0.15, 0.2) is 182 Å². The zero-order valence-corrected chi connectivity index (χ0v) is 30.8. The van der Waals surface area contributed by atoms with Gasteiger partial charge in [-0.05, 0) is 120 Å². The Morgan fingerprint density at radius 3 is 1.63 bits per heavy atom. The first kappa shape index (κ1) is 31.4. The molecule has 0 saturated heterocycles. The summed E-state index contributed by atoms with van der Waals surface area (Å²) in [5.74, 6) is 0. The van der Waals surface area contributed by atoms with Crippen molar-refractivity contribution in [3.63, 3.8) is 0 Å². The van der Waals surface area contributed by atoms with Crippen LogP contribution in [-0.4, -0.2) is 0 Å². The summed E-state index contributed by atoms with van der Waals surface area (Å²) in [6.07, 6.45) is 4.32. The minimum atomic E-state index is -0.137. The molecule has 0 bridgehead atoms. The largest absolute Gasteiger partial charge is 0.310 e. The van der Waals surface area contributed by atoms with Crippen molar-refractivity contribution in [1.82, 2.24) is 0 Å². The summed E-state index contributed by atoms with van der Waals surface area (Å²) in [4.78, 5) is 5.08. The highest BCUT2D eigenvalue weighted by atomic mass is 32.1. The molecule has 1 spiro atoms. The van der Waals surface area contributed by atoms with E-state index in [9.17, 15) is 0 Å². The minimum absolute atomic E-state index is 0.137. The van der Waals surface area contributed by atoms with Crippen LogP contribution in [0.3, 0.4) is 0 Å². The molecule has 0 amide bonds. The summed E-state index contributed by atoms with van der Waals surface area (Å²) in [6, 6.07) is 67.6.